The van der Waals surface area contributed by atoms with E-state index in [0.29, 0.717) is 5.41 Å². The molecule has 0 heterocycles. The molecule has 1 aliphatic rings. The molecule has 0 spiro atoms. The summed E-state index contributed by atoms with van der Waals surface area (Å²) in [5, 5.41) is 3.72. The third-order valence-electron chi connectivity index (χ3n) is 5.12. The Morgan fingerprint density at radius 3 is 2.45 bits per heavy atom. The van der Waals surface area contributed by atoms with E-state index >= 15 is 0 Å². The Labute approximate surface area is 128 Å². The van der Waals surface area contributed by atoms with E-state index < -0.39 is 0 Å². The van der Waals surface area contributed by atoms with Gasteiger partial charge < -0.3 is 5.32 Å². The molecular weight excluding hydrogens is 242 g/mol. The molecule has 0 bridgehead atoms. The molecule has 3 unspecified atom stereocenters. The van der Waals surface area contributed by atoms with Gasteiger partial charge in [0.15, 0.2) is 0 Å². The van der Waals surface area contributed by atoms with Crippen LogP contribution in [0, 0.1) is 29.1 Å². The summed E-state index contributed by atoms with van der Waals surface area (Å²) in [6.07, 6.45) is 8.48. The molecule has 0 radical (unpaired) electrons. The van der Waals surface area contributed by atoms with Crippen molar-refractivity contribution in [2.75, 3.05) is 13.1 Å². The van der Waals surface area contributed by atoms with E-state index in [1.807, 2.05) is 0 Å². The summed E-state index contributed by atoms with van der Waals surface area (Å²) in [5.41, 5.74) is 0.575. The van der Waals surface area contributed by atoms with Crippen LogP contribution >= 0.6 is 0 Å². The summed E-state index contributed by atoms with van der Waals surface area (Å²) < 4.78 is 0. The Bertz CT molecular complexity index is 256. The molecule has 1 heteroatoms. The Hall–Kier alpha value is -0.0400. The average Bonchev–Trinajstić information content (AvgIpc) is 2.31. The largest absolute Gasteiger partial charge is 0.316 e. The fourth-order valence-electron chi connectivity index (χ4n) is 4.02. The van der Waals surface area contributed by atoms with E-state index in [1.54, 1.807) is 0 Å². The second-order valence-electron chi connectivity index (χ2n) is 8.61. The standard InChI is InChI=1S/C19H39N/c1-7-8-16(4)11-18-12-19(5,6)10-9-17(18)14-20-13-15(2)3/h15-18,20H,7-14H2,1-6H3. The van der Waals surface area contributed by atoms with Gasteiger partial charge in [-0.1, -0.05) is 54.4 Å². The zero-order chi connectivity index (χ0) is 15.2. The van der Waals surface area contributed by atoms with E-state index in [2.05, 4.69) is 46.9 Å². The van der Waals surface area contributed by atoms with Gasteiger partial charge >= 0.3 is 0 Å². The lowest BCUT2D eigenvalue weighted by atomic mass is 9.65. The normalized spacial score (nSPS) is 27.8. The highest BCUT2D eigenvalue weighted by Gasteiger charge is 2.34. The predicted octanol–water partition coefficient (Wildman–Crippen LogP) is 5.50. The first kappa shape index (κ1) is 18.0. The Morgan fingerprint density at radius 1 is 1.15 bits per heavy atom. The highest BCUT2D eigenvalue weighted by atomic mass is 14.9. The van der Waals surface area contributed by atoms with Crippen molar-refractivity contribution in [2.24, 2.45) is 29.1 Å². The highest BCUT2D eigenvalue weighted by Crippen LogP contribution is 2.44. The molecule has 0 aromatic carbocycles. The van der Waals surface area contributed by atoms with Crippen LogP contribution in [0.5, 0.6) is 0 Å². The molecular formula is C19H39N. The maximum Gasteiger partial charge on any atom is -0.00177 e. The molecule has 0 aromatic rings. The molecule has 1 N–H and O–H groups in total. The van der Waals surface area contributed by atoms with Gasteiger partial charge in [-0.3, -0.25) is 0 Å². The van der Waals surface area contributed by atoms with E-state index in [-0.39, 0.29) is 0 Å². The van der Waals surface area contributed by atoms with Crippen molar-refractivity contribution in [2.45, 2.75) is 80.1 Å². The summed E-state index contributed by atoms with van der Waals surface area (Å²) in [6, 6.07) is 0. The topological polar surface area (TPSA) is 12.0 Å². The van der Waals surface area contributed by atoms with Crippen molar-refractivity contribution in [1.29, 1.82) is 0 Å². The Morgan fingerprint density at radius 2 is 1.85 bits per heavy atom. The van der Waals surface area contributed by atoms with Gasteiger partial charge in [0, 0.05) is 0 Å². The van der Waals surface area contributed by atoms with Crippen molar-refractivity contribution in [1.82, 2.24) is 5.32 Å². The van der Waals surface area contributed by atoms with Crippen LogP contribution < -0.4 is 5.32 Å². The van der Waals surface area contributed by atoms with Crippen molar-refractivity contribution < 1.29 is 0 Å². The van der Waals surface area contributed by atoms with E-state index in [4.69, 9.17) is 0 Å². The van der Waals surface area contributed by atoms with E-state index in [1.165, 1.54) is 51.6 Å². The van der Waals surface area contributed by atoms with E-state index in [0.717, 1.165) is 23.7 Å². The maximum atomic E-state index is 3.72. The Kier molecular flexibility index (Phi) is 7.58. The van der Waals surface area contributed by atoms with Crippen LogP contribution in [0.3, 0.4) is 0 Å². The summed E-state index contributed by atoms with van der Waals surface area (Å²) in [7, 11) is 0. The van der Waals surface area contributed by atoms with Crippen LogP contribution in [0.1, 0.15) is 80.1 Å². The lowest BCUT2D eigenvalue weighted by molar-refractivity contribution is 0.0971. The van der Waals surface area contributed by atoms with Crippen LogP contribution in [0.15, 0.2) is 0 Å². The molecule has 0 aliphatic heterocycles. The van der Waals surface area contributed by atoms with Crippen LogP contribution in [0.4, 0.5) is 0 Å². The van der Waals surface area contributed by atoms with Crippen molar-refractivity contribution in [3.8, 4) is 0 Å². The molecule has 1 rings (SSSR count). The Balaban J connectivity index is 2.50. The zero-order valence-corrected chi connectivity index (χ0v) is 15.0. The first-order chi connectivity index (χ1) is 9.34. The van der Waals surface area contributed by atoms with Gasteiger partial charge in [0.05, 0.1) is 0 Å². The summed E-state index contributed by atoms with van der Waals surface area (Å²) in [5.74, 6) is 3.54. The first-order valence-electron chi connectivity index (χ1n) is 9.04. The molecule has 1 fully saturated rings. The molecule has 20 heavy (non-hydrogen) atoms. The van der Waals surface area contributed by atoms with Gasteiger partial charge in [-0.2, -0.15) is 0 Å². The smallest absolute Gasteiger partial charge is 0.00177 e. The number of hydrogen-bond acceptors (Lipinski definition) is 1. The van der Waals surface area contributed by atoms with Gasteiger partial charge in [0.2, 0.25) is 0 Å². The molecule has 0 amide bonds. The van der Waals surface area contributed by atoms with Gasteiger partial charge in [-0.05, 0) is 67.9 Å². The third-order valence-corrected chi connectivity index (χ3v) is 5.12. The maximum absolute atomic E-state index is 3.72. The van der Waals surface area contributed by atoms with Gasteiger partial charge in [0.25, 0.3) is 0 Å². The second kappa shape index (κ2) is 8.41. The average molecular weight is 282 g/mol. The van der Waals surface area contributed by atoms with Gasteiger partial charge in [-0.15, -0.1) is 0 Å². The SMILES string of the molecule is CCCC(C)CC1CC(C)(C)CCC1CNCC(C)C. The molecule has 120 valence electrons. The van der Waals surface area contributed by atoms with Crippen LogP contribution in [0.2, 0.25) is 0 Å². The molecule has 3 atom stereocenters. The quantitative estimate of drug-likeness (QED) is 0.619. The lowest BCUT2D eigenvalue weighted by Gasteiger charge is -2.42. The molecule has 1 aliphatic carbocycles. The minimum Gasteiger partial charge on any atom is -0.316 e. The summed E-state index contributed by atoms with van der Waals surface area (Å²) in [4.78, 5) is 0. The minimum atomic E-state index is 0.575. The fourth-order valence-corrected chi connectivity index (χ4v) is 4.02. The monoisotopic (exact) mass is 281 g/mol. The van der Waals surface area contributed by atoms with Gasteiger partial charge in [0.1, 0.15) is 0 Å². The van der Waals surface area contributed by atoms with Crippen LogP contribution in [-0.4, -0.2) is 13.1 Å². The highest BCUT2D eigenvalue weighted by molar-refractivity contribution is 4.86. The molecule has 1 nitrogen and oxygen atoms in total. The van der Waals surface area contributed by atoms with Crippen molar-refractivity contribution >= 4 is 0 Å². The van der Waals surface area contributed by atoms with Crippen LogP contribution in [-0.2, 0) is 0 Å². The number of hydrogen-bond donors (Lipinski definition) is 1. The second-order valence-corrected chi connectivity index (χ2v) is 8.61. The summed E-state index contributed by atoms with van der Waals surface area (Å²) in [6.45, 7) is 16.8. The fraction of sp³-hybridized carbons (Fsp3) is 1.00. The number of nitrogens with one attached hydrogen (secondary N) is 1. The summed E-state index contributed by atoms with van der Waals surface area (Å²) >= 11 is 0. The van der Waals surface area contributed by atoms with Crippen molar-refractivity contribution in [3.05, 3.63) is 0 Å². The molecule has 1 saturated carbocycles. The van der Waals surface area contributed by atoms with Crippen molar-refractivity contribution in [3.63, 3.8) is 0 Å². The molecule has 0 saturated heterocycles. The minimum absolute atomic E-state index is 0.575. The zero-order valence-electron chi connectivity index (χ0n) is 15.0. The predicted molar refractivity (Wildman–Crippen MR) is 91.0 cm³/mol. The van der Waals surface area contributed by atoms with Crippen LogP contribution in [0.25, 0.3) is 0 Å². The first-order valence-corrected chi connectivity index (χ1v) is 9.04. The third kappa shape index (κ3) is 6.61. The number of rotatable bonds is 8. The molecule has 0 aromatic heterocycles. The lowest BCUT2D eigenvalue weighted by Crippen LogP contribution is -2.37. The van der Waals surface area contributed by atoms with Gasteiger partial charge in [-0.25, -0.2) is 0 Å². The van der Waals surface area contributed by atoms with E-state index in [9.17, 15) is 0 Å².